The highest BCUT2D eigenvalue weighted by molar-refractivity contribution is 14.1. The molecule has 3 fully saturated rings. The fourth-order valence-corrected chi connectivity index (χ4v) is 5.48. The van der Waals surface area contributed by atoms with Crippen LogP contribution in [0.4, 0.5) is 0 Å². The van der Waals surface area contributed by atoms with Crippen LogP contribution in [0, 0.1) is 5.92 Å². The van der Waals surface area contributed by atoms with Gasteiger partial charge in [-0.2, -0.15) is 0 Å². The third kappa shape index (κ3) is 6.26. The first kappa shape index (κ1) is 25.0. The Labute approximate surface area is 196 Å². The standard InChI is InChI=1S/C22H33IO8/c1-11(8-12(2)23)4-5-13(24)9-16-18(26)21-22(31-16)19(27)20-15(30-21)7-6-14(29-20)10-17(25)28-3/h11,14-16,18-22,26-27H,2,4-10H2,1,3H3/t11-,14-,15+,16?,18?,19+,20+,21?,22?/m1/s1. The smallest absolute Gasteiger partial charge is 0.308 e. The summed E-state index contributed by atoms with van der Waals surface area (Å²) in [5.74, 6) is 0.0272. The van der Waals surface area contributed by atoms with Crippen LogP contribution in [-0.2, 0) is 28.5 Å². The summed E-state index contributed by atoms with van der Waals surface area (Å²) in [7, 11) is 1.33. The third-order valence-corrected chi connectivity index (χ3v) is 6.84. The number of allylic oxidation sites excluding steroid dienone is 1. The lowest BCUT2D eigenvalue weighted by Crippen LogP contribution is -2.61. The molecular weight excluding hydrogens is 519 g/mol. The first-order chi connectivity index (χ1) is 14.7. The quantitative estimate of drug-likeness (QED) is 0.331. The van der Waals surface area contributed by atoms with Crippen LogP contribution in [0.25, 0.3) is 0 Å². The lowest BCUT2D eigenvalue weighted by atomic mass is 9.87. The number of halogens is 1. The van der Waals surface area contributed by atoms with Crippen LogP contribution < -0.4 is 0 Å². The summed E-state index contributed by atoms with van der Waals surface area (Å²) in [5, 5.41) is 21.6. The van der Waals surface area contributed by atoms with E-state index < -0.39 is 36.6 Å². The van der Waals surface area contributed by atoms with Crippen LogP contribution in [0.15, 0.2) is 10.2 Å². The average Bonchev–Trinajstić information content (AvgIpc) is 3.02. The topological polar surface area (TPSA) is 112 Å². The molecule has 176 valence electrons. The number of hydrogen-bond acceptors (Lipinski definition) is 8. The number of methoxy groups -OCH3 is 1. The molecule has 3 aliphatic rings. The van der Waals surface area contributed by atoms with E-state index in [1.54, 1.807) is 0 Å². The van der Waals surface area contributed by atoms with Gasteiger partial charge in [-0.1, -0.05) is 13.5 Å². The highest BCUT2D eigenvalue weighted by Gasteiger charge is 2.57. The zero-order valence-corrected chi connectivity index (χ0v) is 20.2. The molecule has 31 heavy (non-hydrogen) atoms. The molecule has 0 amide bonds. The van der Waals surface area contributed by atoms with E-state index in [9.17, 15) is 19.8 Å². The van der Waals surface area contributed by atoms with E-state index in [4.69, 9.17) is 18.9 Å². The van der Waals surface area contributed by atoms with Crippen molar-refractivity contribution in [3.05, 3.63) is 10.2 Å². The number of Topliss-reactive ketones (excluding diaryl/α,β-unsaturated/α-hetero) is 1. The number of rotatable bonds is 9. The maximum Gasteiger partial charge on any atom is 0.308 e. The molecule has 9 atom stereocenters. The molecule has 8 nitrogen and oxygen atoms in total. The Morgan fingerprint density at radius 3 is 2.48 bits per heavy atom. The van der Waals surface area contributed by atoms with Crippen LogP contribution in [0.3, 0.4) is 0 Å². The summed E-state index contributed by atoms with van der Waals surface area (Å²) in [6.45, 7) is 5.98. The molecule has 0 aromatic heterocycles. The summed E-state index contributed by atoms with van der Waals surface area (Å²) in [4.78, 5) is 24.0. The summed E-state index contributed by atoms with van der Waals surface area (Å²) in [5.41, 5.74) is 0. The molecule has 0 spiro atoms. The second-order valence-corrected chi connectivity index (χ2v) is 10.5. The van der Waals surface area contributed by atoms with E-state index in [-0.39, 0.29) is 36.8 Å². The van der Waals surface area contributed by atoms with Gasteiger partial charge in [-0.3, -0.25) is 9.59 Å². The van der Waals surface area contributed by atoms with Gasteiger partial charge in [0.1, 0.15) is 36.3 Å². The van der Waals surface area contributed by atoms with Crippen molar-refractivity contribution in [3.8, 4) is 0 Å². The Hall–Kier alpha value is -0.590. The van der Waals surface area contributed by atoms with Crippen molar-refractivity contribution in [2.45, 2.75) is 101 Å². The summed E-state index contributed by atoms with van der Waals surface area (Å²) in [6.07, 6.45) is -2.10. The first-order valence-electron chi connectivity index (χ1n) is 10.9. The fraction of sp³-hybridized carbons (Fsp3) is 0.818. The van der Waals surface area contributed by atoms with Gasteiger partial charge in [-0.15, -0.1) is 0 Å². The van der Waals surface area contributed by atoms with E-state index in [0.717, 1.165) is 16.4 Å². The number of ether oxygens (including phenoxy) is 4. The minimum Gasteiger partial charge on any atom is -0.469 e. The third-order valence-electron chi connectivity index (χ3n) is 6.40. The Balaban J connectivity index is 1.54. The molecule has 0 radical (unpaired) electrons. The molecule has 0 aliphatic carbocycles. The molecule has 3 saturated heterocycles. The zero-order chi connectivity index (χ0) is 22.7. The molecule has 3 aliphatic heterocycles. The van der Waals surface area contributed by atoms with Crippen molar-refractivity contribution in [2.75, 3.05) is 7.11 Å². The summed E-state index contributed by atoms with van der Waals surface area (Å²) in [6, 6.07) is 0. The normalized spacial score (nSPS) is 38.1. The molecule has 3 heterocycles. The van der Waals surface area contributed by atoms with Gasteiger partial charge in [0.15, 0.2) is 0 Å². The lowest BCUT2D eigenvalue weighted by molar-refractivity contribution is -0.259. The average molecular weight is 552 g/mol. The van der Waals surface area contributed by atoms with Crippen molar-refractivity contribution in [3.63, 3.8) is 0 Å². The van der Waals surface area contributed by atoms with Crippen LogP contribution in [-0.4, -0.2) is 77.9 Å². The highest BCUT2D eigenvalue weighted by Crippen LogP contribution is 2.40. The molecule has 0 bridgehead atoms. The van der Waals surface area contributed by atoms with Gasteiger partial charge in [-0.25, -0.2) is 0 Å². The first-order valence-corrected chi connectivity index (χ1v) is 12.0. The van der Waals surface area contributed by atoms with Gasteiger partial charge in [0.2, 0.25) is 0 Å². The summed E-state index contributed by atoms with van der Waals surface area (Å²) >= 11 is 2.20. The monoisotopic (exact) mass is 552 g/mol. The second kappa shape index (κ2) is 11.0. The van der Waals surface area contributed by atoms with E-state index in [1.807, 2.05) is 0 Å². The SMILES string of the molecule is C=C(I)C[C@H](C)CCC(=O)CC1OC2C(O[C@H]3CC[C@H](CC(=O)OC)O[C@@H]3[C@@H]2O)C1O. The van der Waals surface area contributed by atoms with Crippen LogP contribution in [0.5, 0.6) is 0 Å². The number of ketones is 1. The lowest BCUT2D eigenvalue weighted by Gasteiger charge is -2.46. The Kier molecular flexibility index (Phi) is 8.90. The number of carbonyl (C=O) groups excluding carboxylic acids is 2. The van der Waals surface area contributed by atoms with Gasteiger partial charge in [0.25, 0.3) is 0 Å². The van der Waals surface area contributed by atoms with Crippen molar-refractivity contribution < 1.29 is 38.7 Å². The zero-order valence-electron chi connectivity index (χ0n) is 18.1. The predicted molar refractivity (Wildman–Crippen MR) is 120 cm³/mol. The van der Waals surface area contributed by atoms with E-state index in [0.29, 0.717) is 25.2 Å². The number of hydrogen-bond donors (Lipinski definition) is 2. The molecule has 2 N–H and O–H groups in total. The number of fused-ring (bicyclic) bond motifs is 2. The Morgan fingerprint density at radius 1 is 1.10 bits per heavy atom. The van der Waals surface area contributed by atoms with Crippen molar-refractivity contribution in [2.24, 2.45) is 5.92 Å². The largest absolute Gasteiger partial charge is 0.469 e. The highest BCUT2D eigenvalue weighted by atomic mass is 127. The molecule has 0 saturated carbocycles. The molecule has 0 aromatic rings. The van der Waals surface area contributed by atoms with Crippen molar-refractivity contribution in [1.29, 1.82) is 0 Å². The van der Waals surface area contributed by atoms with Crippen LogP contribution in [0.2, 0.25) is 0 Å². The number of aliphatic hydroxyl groups excluding tert-OH is 2. The molecule has 3 rings (SSSR count). The van der Waals surface area contributed by atoms with Gasteiger partial charge in [0, 0.05) is 12.8 Å². The number of aliphatic hydroxyl groups is 2. The van der Waals surface area contributed by atoms with Gasteiger partial charge in [-0.05, 0) is 57.8 Å². The van der Waals surface area contributed by atoms with Crippen molar-refractivity contribution in [1.82, 2.24) is 0 Å². The van der Waals surface area contributed by atoms with E-state index in [2.05, 4.69) is 36.1 Å². The minimum atomic E-state index is -1.01. The minimum absolute atomic E-state index is 0.0231. The van der Waals surface area contributed by atoms with Gasteiger partial charge < -0.3 is 29.2 Å². The van der Waals surface area contributed by atoms with Crippen LogP contribution in [0.1, 0.15) is 51.9 Å². The van der Waals surface area contributed by atoms with Crippen molar-refractivity contribution >= 4 is 34.3 Å². The van der Waals surface area contributed by atoms with E-state index >= 15 is 0 Å². The Bertz CT molecular complexity index is 670. The fourth-order valence-electron chi connectivity index (χ4n) is 4.73. The van der Waals surface area contributed by atoms with Gasteiger partial charge in [0.05, 0.1) is 31.8 Å². The maximum absolute atomic E-state index is 12.5. The number of carbonyl (C=O) groups is 2. The predicted octanol–water partition coefficient (Wildman–Crippen LogP) is 2.07. The molecular formula is C22H33IO8. The van der Waals surface area contributed by atoms with Crippen LogP contribution >= 0.6 is 22.6 Å². The van der Waals surface area contributed by atoms with Gasteiger partial charge >= 0.3 is 5.97 Å². The summed E-state index contributed by atoms with van der Waals surface area (Å²) < 4.78 is 23.6. The number of esters is 1. The molecule has 4 unspecified atom stereocenters. The maximum atomic E-state index is 12.5. The Morgan fingerprint density at radius 2 is 1.81 bits per heavy atom. The van der Waals surface area contributed by atoms with E-state index in [1.165, 1.54) is 7.11 Å². The molecule has 0 aromatic carbocycles. The second-order valence-electron chi connectivity index (χ2n) is 8.95. The molecule has 9 heteroatoms.